The van der Waals surface area contributed by atoms with E-state index in [4.69, 9.17) is 14.2 Å². The van der Waals surface area contributed by atoms with E-state index < -0.39 is 24.6 Å². The number of aliphatic hydroxyl groups excluding tert-OH is 2. The van der Waals surface area contributed by atoms with E-state index in [0.717, 1.165) is 6.42 Å². The summed E-state index contributed by atoms with van der Waals surface area (Å²) in [5.74, 6) is 0. The maximum atomic E-state index is 9.80. The molecule has 1 saturated heterocycles. The summed E-state index contributed by atoms with van der Waals surface area (Å²) in [4.78, 5) is 0. The highest BCUT2D eigenvalue weighted by Crippen LogP contribution is 2.22. The summed E-state index contributed by atoms with van der Waals surface area (Å²) in [6, 6.07) is 0. The van der Waals surface area contributed by atoms with Crippen LogP contribution in [-0.4, -0.2) is 55.1 Å². The van der Waals surface area contributed by atoms with Crippen LogP contribution in [0.1, 0.15) is 71.1 Å². The molecule has 1 heterocycles. The SMILES string of the molecule is CCCCCCCCCCCCOC[C@H]1OC(OC)[C@H](O)[C@H]1O. The molecule has 23 heavy (non-hydrogen) atoms. The van der Waals surface area contributed by atoms with Crippen LogP contribution in [0.2, 0.25) is 0 Å². The van der Waals surface area contributed by atoms with Crippen LogP contribution in [0.3, 0.4) is 0 Å². The normalized spacial score (nSPS) is 27.7. The number of unbranched alkanes of at least 4 members (excludes halogenated alkanes) is 9. The summed E-state index contributed by atoms with van der Waals surface area (Å²) < 4.78 is 15.9. The van der Waals surface area contributed by atoms with Gasteiger partial charge in [0, 0.05) is 13.7 Å². The second-order valence-electron chi connectivity index (χ2n) is 6.52. The number of methoxy groups -OCH3 is 1. The van der Waals surface area contributed by atoms with Gasteiger partial charge in [-0.3, -0.25) is 0 Å². The molecule has 5 nitrogen and oxygen atoms in total. The van der Waals surface area contributed by atoms with Gasteiger partial charge in [0.2, 0.25) is 0 Å². The molecule has 0 bridgehead atoms. The molecule has 2 N–H and O–H groups in total. The van der Waals surface area contributed by atoms with Crippen molar-refractivity contribution in [2.45, 2.75) is 95.7 Å². The molecule has 1 rings (SSSR count). The van der Waals surface area contributed by atoms with Crippen molar-refractivity contribution in [3.8, 4) is 0 Å². The molecule has 5 heteroatoms. The van der Waals surface area contributed by atoms with Crippen molar-refractivity contribution in [2.75, 3.05) is 20.3 Å². The number of aliphatic hydroxyl groups is 2. The minimum atomic E-state index is -0.995. The number of ether oxygens (including phenoxy) is 3. The Kier molecular flexibility index (Phi) is 11.9. The highest BCUT2D eigenvalue weighted by Gasteiger charge is 2.42. The first-order chi connectivity index (χ1) is 11.2. The molecule has 0 radical (unpaired) electrons. The Morgan fingerprint density at radius 3 is 1.91 bits per heavy atom. The Labute approximate surface area is 141 Å². The van der Waals surface area contributed by atoms with Crippen LogP contribution < -0.4 is 0 Å². The topological polar surface area (TPSA) is 68.2 Å². The summed E-state index contributed by atoms with van der Waals surface area (Å²) in [6.45, 7) is 3.23. The third-order valence-corrected chi connectivity index (χ3v) is 4.48. The zero-order chi connectivity index (χ0) is 16.9. The second kappa shape index (κ2) is 13.1. The molecule has 1 fully saturated rings. The maximum Gasteiger partial charge on any atom is 0.186 e. The fraction of sp³-hybridized carbons (Fsp3) is 1.00. The quantitative estimate of drug-likeness (QED) is 0.479. The van der Waals surface area contributed by atoms with Gasteiger partial charge in [-0.25, -0.2) is 0 Å². The molecule has 0 spiro atoms. The Hall–Kier alpha value is -0.200. The third kappa shape index (κ3) is 8.45. The van der Waals surface area contributed by atoms with Crippen molar-refractivity contribution in [2.24, 2.45) is 0 Å². The van der Waals surface area contributed by atoms with Crippen LogP contribution in [0, 0.1) is 0 Å². The summed E-state index contributed by atoms with van der Waals surface area (Å²) in [5.41, 5.74) is 0. The summed E-state index contributed by atoms with van der Waals surface area (Å²) in [7, 11) is 1.45. The van der Waals surface area contributed by atoms with Crippen LogP contribution in [0.5, 0.6) is 0 Å². The van der Waals surface area contributed by atoms with Gasteiger partial charge in [-0.1, -0.05) is 64.7 Å². The zero-order valence-electron chi connectivity index (χ0n) is 14.9. The lowest BCUT2D eigenvalue weighted by Crippen LogP contribution is -2.34. The van der Waals surface area contributed by atoms with Gasteiger partial charge in [0.1, 0.15) is 18.3 Å². The lowest BCUT2D eigenvalue weighted by atomic mass is 10.1. The van der Waals surface area contributed by atoms with E-state index in [0.29, 0.717) is 13.2 Å². The third-order valence-electron chi connectivity index (χ3n) is 4.48. The molecular weight excluding hydrogens is 296 g/mol. The van der Waals surface area contributed by atoms with Crippen molar-refractivity contribution in [3.63, 3.8) is 0 Å². The van der Waals surface area contributed by atoms with E-state index in [1.807, 2.05) is 0 Å². The fourth-order valence-electron chi connectivity index (χ4n) is 2.94. The van der Waals surface area contributed by atoms with E-state index in [1.165, 1.54) is 64.9 Å². The molecule has 1 unspecified atom stereocenters. The van der Waals surface area contributed by atoms with Gasteiger partial charge in [0.05, 0.1) is 6.61 Å². The summed E-state index contributed by atoms with van der Waals surface area (Å²) in [5, 5.41) is 19.5. The van der Waals surface area contributed by atoms with Gasteiger partial charge in [0.15, 0.2) is 6.29 Å². The van der Waals surface area contributed by atoms with Crippen molar-refractivity contribution >= 4 is 0 Å². The van der Waals surface area contributed by atoms with Crippen LogP contribution >= 0.6 is 0 Å². The van der Waals surface area contributed by atoms with E-state index in [2.05, 4.69) is 6.92 Å². The molecule has 138 valence electrons. The van der Waals surface area contributed by atoms with Crippen LogP contribution in [-0.2, 0) is 14.2 Å². The fourth-order valence-corrected chi connectivity index (χ4v) is 2.94. The van der Waals surface area contributed by atoms with Gasteiger partial charge < -0.3 is 24.4 Å². The molecule has 4 atom stereocenters. The highest BCUT2D eigenvalue weighted by molar-refractivity contribution is 4.86. The van der Waals surface area contributed by atoms with E-state index in [-0.39, 0.29) is 0 Å². The number of hydrogen-bond acceptors (Lipinski definition) is 5. The Morgan fingerprint density at radius 2 is 1.39 bits per heavy atom. The lowest BCUT2D eigenvalue weighted by Gasteiger charge is -2.14. The number of rotatable bonds is 14. The molecule has 0 aromatic rings. The standard InChI is InChI=1S/C18H36O5/c1-3-4-5-6-7-8-9-10-11-12-13-22-14-15-16(19)17(20)18(21-2)23-15/h15-20H,3-14H2,1-2H3/t15-,16+,17-,18?/m1/s1. The van der Waals surface area contributed by atoms with Crippen molar-refractivity contribution in [3.05, 3.63) is 0 Å². The molecule has 1 aliphatic rings. The average molecular weight is 332 g/mol. The summed E-state index contributed by atoms with van der Waals surface area (Å²) >= 11 is 0. The molecule has 0 aliphatic carbocycles. The van der Waals surface area contributed by atoms with Gasteiger partial charge in [-0.2, -0.15) is 0 Å². The first-order valence-electron chi connectivity index (χ1n) is 9.32. The Bertz CT molecular complexity index is 274. The predicted molar refractivity (Wildman–Crippen MR) is 90.3 cm³/mol. The summed E-state index contributed by atoms with van der Waals surface area (Å²) in [6.07, 6.45) is 9.80. The van der Waals surface area contributed by atoms with Crippen LogP contribution in [0.25, 0.3) is 0 Å². The van der Waals surface area contributed by atoms with Gasteiger partial charge >= 0.3 is 0 Å². The largest absolute Gasteiger partial charge is 0.387 e. The second-order valence-corrected chi connectivity index (χ2v) is 6.52. The average Bonchev–Trinajstić information content (AvgIpc) is 2.83. The Balaban J connectivity index is 1.87. The van der Waals surface area contributed by atoms with Crippen LogP contribution in [0.15, 0.2) is 0 Å². The smallest absolute Gasteiger partial charge is 0.186 e. The molecule has 0 saturated carbocycles. The molecule has 0 aromatic carbocycles. The molecule has 1 aliphatic heterocycles. The molecule has 0 aromatic heterocycles. The predicted octanol–water partition coefficient (Wildman–Crippen LogP) is 3.02. The molecule has 0 amide bonds. The van der Waals surface area contributed by atoms with Crippen molar-refractivity contribution in [1.82, 2.24) is 0 Å². The van der Waals surface area contributed by atoms with Gasteiger partial charge in [0.25, 0.3) is 0 Å². The Morgan fingerprint density at radius 1 is 0.826 bits per heavy atom. The van der Waals surface area contributed by atoms with Crippen molar-refractivity contribution < 1.29 is 24.4 Å². The minimum Gasteiger partial charge on any atom is -0.387 e. The first kappa shape index (κ1) is 20.8. The zero-order valence-corrected chi connectivity index (χ0v) is 14.9. The number of hydrogen-bond donors (Lipinski definition) is 2. The molecular formula is C18H36O5. The monoisotopic (exact) mass is 332 g/mol. The minimum absolute atomic E-state index is 0.301. The highest BCUT2D eigenvalue weighted by atomic mass is 16.7. The van der Waals surface area contributed by atoms with Gasteiger partial charge in [-0.15, -0.1) is 0 Å². The first-order valence-corrected chi connectivity index (χ1v) is 9.32. The van der Waals surface area contributed by atoms with Crippen LogP contribution in [0.4, 0.5) is 0 Å². The van der Waals surface area contributed by atoms with E-state index in [9.17, 15) is 10.2 Å². The van der Waals surface area contributed by atoms with Gasteiger partial charge in [-0.05, 0) is 6.42 Å². The van der Waals surface area contributed by atoms with E-state index in [1.54, 1.807) is 0 Å². The maximum absolute atomic E-state index is 9.80. The van der Waals surface area contributed by atoms with E-state index >= 15 is 0 Å². The lowest BCUT2D eigenvalue weighted by molar-refractivity contribution is -0.156. The van der Waals surface area contributed by atoms with Crippen molar-refractivity contribution in [1.29, 1.82) is 0 Å².